The molecular weight excluding hydrogens is 194 g/mol. The van der Waals surface area contributed by atoms with Gasteiger partial charge in [0, 0.05) is 6.54 Å². The molecule has 1 aliphatic rings. The number of ether oxygens (including phenoxy) is 1. The molecule has 1 aliphatic carbocycles. The summed E-state index contributed by atoms with van der Waals surface area (Å²) in [7, 11) is 1.32. The molecule has 2 N–H and O–H groups in total. The van der Waals surface area contributed by atoms with Gasteiger partial charge in [-0.2, -0.15) is 0 Å². The van der Waals surface area contributed by atoms with Crippen LogP contribution in [0.5, 0.6) is 0 Å². The largest absolute Gasteiger partial charge is 0.468 e. The van der Waals surface area contributed by atoms with E-state index < -0.39 is 18.1 Å². The molecule has 0 saturated heterocycles. The number of aliphatic hydroxyl groups excluding tert-OH is 1. The quantitative estimate of drug-likeness (QED) is 0.646. The Morgan fingerprint density at radius 2 is 2.47 bits per heavy atom. The van der Waals surface area contributed by atoms with Crippen molar-refractivity contribution in [2.24, 2.45) is 0 Å². The molecule has 84 valence electrons. The van der Waals surface area contributed by atoms with E-state index in [0.717, 1.165) is 6.42 Å². The Bertz CT molecular complexity index is 282. The van der Waals surface area contributed by atoms with Gasteiger partial charge >= 0.3 is 5.97 Å². The van der Waals surface area contributed by atoms with Crippen molar-refractivity contribution in [3.8, 4) is 0 Å². The van der Waals surface area contributed by atoms with Crippen molar-refractivity contribution < 1.29 is 14.6 Å². The van der Waals surface area contributed by atoms with Gasteiger partial charge in [-0.1, -0.05) is 23.8 Å². The molecule has 0 spiro atoms. The van der Waals surface area contributed by atoms with Crippen LogP contribution in [0.15, 0.2) is 23.8 Å². The molecule has 4 heteroatoms. The van der Waals surface area contributed by atoms with Crippen LogP contribution in [0.1, 0.15) is 13.3 Å². The lowest BCUT2D eigenvalue weighted by Crippen LogP contribution is -2.46. The molecule has 0 amide bonds. The zero-order chi connectivity index (χ0) is 11.3. The van der Waals surface area contributed by atoms with Crippen molar-refractivity contribution in [2.45, 2.75) is 25.5 Å². The minimum absolute atomic E-state index is 0.434. The molecule has 0 saturated carbocycles. The molecule has 0 fully saturated rings. The van der Waals surface area contributed by atoms with Crippen LogP contribution in [0.2, 0.25) is 0 Å². The maximum atomic E-state index is 11.3. The number of carbonyl (C=O) groups excluding carboxylic acids is 1. The Morgan fingerprint density at radius 1 is 1.73 bits per heavy atom. The van der Waals surface area contributed by atoms with Crippen LogP contribution in [-0.2, 0) is 9.53 Å². The Hall–Kier alpha value is -1.13. The van der Waals surface area contributed by atoms with Crippen molar-refractivity contribution in [2.75, 3.05) is 13.7 Å². The second-order valence-corrected chi connectivity index (χ2v) is 3.58. The van der Waals surface area contributed by atoms with Gasteiger partial charge in [0.1, 0.15) is 6.04 Å². The Balaban J connectivity index is 2.41. The van der Waals surface area contributed by atoms with E-state index in [0.29, 0.717) is 6.54 Å². The molecule has 0 aromatic rings. The normalized spacial score (nSPS) is 18.5. The molecule has 0 heterocycles. The predicted molar refractivity (Wildman–Crippen MR) is 57.3 cm³/mol. The lowest BCUT2D eigenvalue weighted by atomic mass is 10.1. The van der Waals surface area contributed by atoms with Gasteiger partial charge in [0.2, 0.25) is 0 Å². The highest BCUT2D eigenvalue weighted by molar-refractivity contribution is 5.76. The number of esters is 1. The maximum Gasteiger partial charge on any atom is 0.325 e. The molecule has 0 radical (unpaired) electrons. The van der Waals surface area contributed by atoms with Gasteiger partial charge in [-0.15, -0.1) is 0 Å². The smallest absolute Gasteiger partial charge is 0.325 e. The van der Waals surface area contributed by atoms with Crippen LogP contribution in [0.3, 0.4) is 0 Å². The van der Waals surface area contributed by atoms with Gasteiger partial charge < -0.3 is 9.84 Å². The number of hydrogen-bond acceptors (Lipinski definition) is 4. The highest BCUT2D eigenvalue weighted by Crippen LogP contribution is 2.09. The summed E-state index contributed by atoms with van der Waals surface area (Å²) in [5.41, 5.74) is 1.20. The number of aliphatic hydroxyl groups is 1. The number of carbonyl (C=O) groups is 1. The minimum atomic E-state index is -0.757. The molecule has 1 rings (SSSR count). The summed E-state index contributed by atoms with van der Waals surface area (Å²) in [5, 5.41) is 12.4. The van der Waals surface area contributed by atoms with Crippen molar-refractivity contribution >= 4 is 5.97 Å². The molecule has 4 nitrogen and oxygen atoms in total. The van der Waals surface area contributed by atoms with Gasteiger partial charge in [0.25, 0.3) is 0 Å². The van der Waals surface area contributed by atoms with E-state index >= 15 is 0 Å². The third-order valence-electron chi connectivity index (χ3n) is 2.33. The fourth-order valence-electron chi connectivity index (χ4n) is 1.44. The van der Waals surface area contributed by atoms with Gasteiger partial charge in [-0.25, -0.2) is 0 Å². The molecule has 0 aliphatic heterocycles. The molecule has 15 heavy (non-hydrogen) atoms. The minimum Gasteiger partial charge on any atom is -0.468 e. The van der Waals surface area contributed by atoms with Crippen LogP contribution in [0.4, 0.5) is 0 Å². The summed E-state index contributed by atoms with van der Waals surface area (Å²) in [6.07, 6.45) is 6.18. The van der Waals surface area contributed by atoms with Crippen molar-refractivity contribution in [1.29, 1.82) is 0 Å². The maximum absolute atomic E-state index is 11.3. The van der Waals surface area contributed by atoms with Crippen LogP contribution in [0.25, 0.3) is 0 Å². The second-order valence-electron chi connectivity index (χ2n) is 3.58. The van der Waals surface area contributed by atoms with E-state index in [4.69, 9.17) is 0 Å². The van der Waals surface area contributed by atoms with Gasteiger partial charge in [0.15, 0.2) is 0 Å². The van der Waals surface area contributed by atoms with Gasteiger partial charge in [0.05, 0.1) is 13.2 Å². The first-order valence-corrected chi connectivity index (χ1v) is 4.99. The highest BCUT2D eigenvalue weighted by Gasteiger charge is 2.23. The Labute approximate surface area is 89.6 Å². The zero-order valence-corrected chi connectivity index (χ0v) is 9.06. The van der Waals surface area contributed by atoms with Crippen LogP contribution < -0.4 is 5.32 Å². The summed E-state index contributed by atoms with van der Waals surface area (Å²) in [6, 6.07) is -0.656. The summed E-state index contributed by atoms with van der Waals surface area (Å²) in [6.45, 7) is 2.16. The number of allylic oxidation sites excluding steroid dienone is 3. The monoisotopic (exact) mass is 211 g/mol. The van der Waals surface area contributed by atoms with Crippen LogP contribution in [-0.4, -0.2) is 36.9 Å². The molecule has 0 bridgehead atoms. The van der Waals surface area contributed by atoms with E-state index in [2.05, 4.69) is 10.1 Å². The average Bonchev–Trinajstić information content (AvgIpc) is 2.70. The Morgan fingerprint density at radius 3 is 2.93 bits per heavy atom. The fourth-order valence-corrected chi connectivity index (χ4v) is 1.44. The summed E-state index contributed by atoms with van der Waals surface area (Å²) in [5.74, 6) is -0.434. The molecular formula is C11H17NO3. The first kappa shape index (κ1) is 11.9. The Kier molecular flexibility index (Phi) is 4.52. The van der Waals surface area contributed by atoms with E-state index in [-0.39, 0.29) is 0 Å². The van der Waals surface area contributed by atoms with Crippen LogP contribution in [0, 0.1) is 0 Å². The van der Waals surface area contributed by atoms with E-state index in [1.807, 2.05) is 18.2 Å². The third-order valence-corrected chi connectivity index (χ3v) is 2.33. The number of nitrogens with one attached hydrogen (secondary N) is 1. The van der Waals surface area contributed by atoms with Crippen molar-refractivity contribution in [3.63, 3.8) is 0 Å². The van der Waals surface area contributed by atoms with Crippen molar-refractivity contribution in [3.05, 3.63) is 23.8 Å². The SMILES string of the molecule is COC(=O)[C@@H](NCC1=CC=CC1)[C@H](C)O. The summed E-state index contributed by atoms with van der Waals surface area (Å²) >= 11 is 0. The van der Waals surface area contributed by atoms with E-state index in [9.17, 15) is 9.90 Å². The fraction of sp³-hybridized carbons (Fsp3) is 0.545. The standard InChI is InChI=1S/C11H17NO3/c1-8(13)10(11(14)15-2)12-7-9-5-3-4-6-9/h3-5,8,10,12-13H,6-7H2,1-2H3/t8-,10-/m0/s1. The molecule has 0 aromatic heterocycles. The highest BCUT2D eigenvalue weighted by atomic mass is 16.5. The second kappa shape index (κ2) is 5.68. The first-order chi connectivity index (χ1) is 7.15. The lowest BCUT2D eigenvalue weighted by molar-refractivity contribution is -0.145. The molecule has 0 aromatic carbocycles. The van der Waals surface area contributed by atoms with Gasteiger partial charge in [-0.05, 0) is 13.3 Å². The number of hydrogen-bond donors (Lipinski definition) is 2. The average molecular weight is 211 g/mol. The first-order valence-electron chi connectivity index (χ1n) is 4.99. The third kappa shape index (κ3) is 3.49. The lowest BCUT2D eigenvalue weighted by Gasteiger charge is -2.19. The number of methoxy groups -OCH3 is 1. The van der Waals surface area contributed by atoms with Crippen LogP contribution >= 0.6 is 0 Å². The molecule has 2 atom stereocenters. The zero-order valence-electron chi connectivity index (χ0n) is 9.06. The predicted octanol–water partition coefficient (Wildman–Crippen LogP) is 0.385. The van der Waals surface area contributed by atoms with E-state index in [1.165, 1.54) is 12.7 Å². The summed E-state index contributed by atoms with van der Waals surface area (Å²) in [4.78, 5) is 11.3. The topological polar surface area (TPSA) is 58.6 Å². The summed E-state index contributed by atoms with van der Waals surface area (Å²) < 4.78 is 4.59. The van der Waals surface area contributed by atoms with Crippen molar-refractivity contribution in [1.82, 2.24) is 5.32 Å². The van der Waals surface area contributed by atoms with Gasteiger partial charge in [-0.3, -0.25) is 10.1 Å². The molecule has 0 unspecified atom stereocenters. The number of rotatable bonds is 5. The van der Waals surface area contributed by atoms with E-state index in [1.54, 1.807) is 6.92 Å².